The lowest BCUT2D eigenvalue weighted by molar-refractivity contribution is 0.343. The summed E-state index contributed by atoms with van der Waals surface area (Å²) in [5.74, 6) is 2.42. The standard InChI is InChI=1S/C17H16BrN3O2S/c1-22-15-6-3-5-14(11-15)21-12-19-20-17(21)24-9-8-23-16-7-2-4-13(18)10-16/h2-7,10-12H,8-9H2,1H3. The maximum absolute atomic E-state index is 5.74. The van der Waals surface area contributed by atoms with Crippen molar-refractivity contribution in [2.75, 3.05) is 19.5 Å². The number of halogens is 1. The van der Waals surface area contributed by atoms with Gasteiger partial charge in [-0.2, -0.15) is 0 Å². The van der Waals surface area contributed by atoms with Crippen LogP contribution in [0, 0.1) is 0 Å². The largest absolute Gasteiger partial charge is 0.497 e. The minimum atomic E-state index is 0.589. The van der Waals surface area contributed by atoms with Gasteiger partial charge in [-0.15, -0.1) is 10.2 Å². The molecule has 5 nitrogen and oxygen atoms in total. The van der Waals surface area contributed by atoms with Crippen LogP contribution >= 0.6 is 27.7 Å². The number of benzene rings is 2. The van der Waals surface area contributed by atoms with Gasteiger partial charge in [-0.3, -0.25) is 4.57 Å². The van der Waals surface area contributed by atoms with E-state index in [-0.39, 0.29) is 0 Å². The van der Waals surface area contributed by atoms with Gasteiger partial charge in [0.2, 0.25) is 0 Å². The molecule has 0 amide bonds. The topological polar surface area (TPSA) is 49.2 Å². The Bertz CT molecular complexity index is 810. The van der Waals surface area contributed by atoms with E-state index in [4.69, 9.17) is 9.47 Å². The lowest BCUT2D eigenvalue weighted by Crippen LogP contribution is -2.02. The summed E-state index contributed by atoms with van der Waals surface area (Å²) in [4.78, 5) is 0. The van der Waals surface area contributed by atoms with Crippen molar-refractivity contribution in [1.29, 1.82) is 0 Å². The molecule has 1 aromatic heterocycles. The summed E-state index contributed by atoms with van der Waals surface area (Å²) in [5.41, 5.74) is 0.967. The van der Waals surface area contributed by atoms with Crippen LogP contribution in [0.15, 0.2) is 64.5 Å². The molecule has 1 heterocycles. The van der Waals surface area contributed by atoms with E-state index in [1.54, 1.807) is 25.2 Å². The highest BCUT2D eigenvalue weighted by Crippen LogP contribution is 2.23. The number of thioether (sulfide) groups is 1. The van der Waals surface area contributed by atoms with Crippen molar-refractivity contribution in [3.8, 4) is 17.2 Å². The summed E-state index contributed by atoms with van der Waals surface area (Å²) in [5, 5.41) is 9.01. The van der Waals surface area contributed by atoms with Gasteiger partial charge in [-0.1, -0.05) is 39.8 Å². The Kier molecular flexibility index (Phi) is 5.77. The molecule has 0 spiro atoms. The zero-order valence-electron chi connectivity index (χ0n) is 13.1. The monoisotopic (exact) mass is 405 g/mol. The first kappa shape index (κ1) is 16.9. The zero-order chi connectivity index (χ0) is 16.8. The van der Waals surface area contributed by atoms with E-state index in [1.165, 1.54) is 0 Å². The van der Waals surface area contributed by atoms with Crippen LogP contribution in [-0.2, 0) is 0 Å². The van der Waals surface area contributed by atoms with Gasteiger partial charge in [-0.05, 0) is 30.3 Å². The van der Waals surface area contributed by atoms with Crippen LogP contribution in [0.5, 0.6) is 11.5 Å². The first-order valence-corrected chi connectivity index (χ1v) is 9.10. The van der Waals surface area contributed by atoms with E-state index < -0.39 is 0 Å². The lowest BCUT2D eigenvalue weighted by atomic mass is 10.3. The molecule has 0 radical (unpaired) electrons. The molecule has 0 saturated heterocycles. The maximum Gasteiger partial charge on any atom is 0.195 e. The van der Waals surface area contributed by atoms with Gasteiger partial charge < -0.3 is 9.47 Å². The molecule has 7 heteroatoms. The summed E-state index contributed by atoms with van der Waals surface area (Å²) in [7, 11) is 1.65. The number of ether oxygens (including phenoxy) is 2. The van der Waals surface area contributed by atoms with Crippen molar-refractivity contribution in [1.82, 2.24) is 14.8 Å². The van der Waals surface area contributed by atoms with Gasteiger partial charge in [0.1, 0.15) is 17.8 Å². The van der Waals surface area contributed by atoms with Crippen molar-refractivity contribution in [2.24, 2.45) is 0 Å². The summed E-state index contributed by atoms with van der Waals surface area (Å²) < 4.78 is 13.9. The maximum atomic E-state index is 5.74. The Morgan fingerprint density at radius 2 is 1.96 bits per heavy atom. The number of rotatable bonds is 7. The third-order valence-corrected chi connectivity index (χ3v) is 4.63. The Morgan fingerprint density at radius 3 is 2.79 bits per heavy atom. The van der Waals surface area contributed by atoms with Gasteiger partial charge in [0.05, 0.1) is 19.4 Å². The first-order chi connectivity index (χ1) is 11.8. The van der Waals surface area contributed by atoms with Crippen molar-refractivity contribution in [2.45, 2.75) is 5.16 Å². The van der Waals surface area contributed by atoms with Crippen molar-refractivity contribution < 1.29 is 9.47 Å². The summed E-state index contributed by atoms with van der Waals surface area (Å²) >= 11 is 5.03. The van der Waals surface area contributed by atoms with Gasteiger partial charge in [-0.25, -0.2) is 0 Å². The smallest absolute Gasteiger partial charge is 0.195 e. The minimum Gasteiger partial charge on any atom is -0.497 e. The van der Waals surface area contributed by atoms with Crippen molar-refractivity contribution in [3.05, 3.63) is 59.3 Å². The number of hydrogen-bond donors (Lipinski definition) is 0. The van der Waals surface area contributed by atoms with Crippen LogP contribution < -0.4 is 9.47 Å². The molecule has 0 aliphatic heterocycles. The molecule has 124 valence electrons. The van der Waals surface area contributed by atoms with Crippen LogP contribution in [0.4, 0.5) is 0 Å². The van der Waals surface area contributed by atoms with Crippen molar-refractivity contribution >= 4 is 27.7 Å². The Balaban J connectivity index is 1.59. The predicted octanol–water partition coefficient (Wildman–Crippen LogP) is 4.21. The van der Waals surface area contributed by atoms with Gasteiger partial charge in [0.15, 0.2) is 5.16 Å². The van der Waals surface area contributed by atoms with E-state index in [0.29, 0.717) is 6.61 Å². The molecule has 0 fully saturated rings. The van der Waals surface area contributed by atoms with Crippen LogP contribution in [0.2, 0.25) is 0 Å². The highest BCUT2D eigenvalue weighted by Gasteiger charge is 2.08. The molecule has 0 unspecified atom stereocenters. The third-order valence-electron chi connectivity index (χ3n) is 3.23. The molecule has 3 rings (SSSR count). The quantitative estimate of drug-likeness (QED) is 0.435. The number of nitrogens with zero attached hydrogens (tertiary/aromatic N) is 3. The SMILES string of the molecule is COc1cccc(-n2cnnc2SCCOc2cccc(Br)c2)c1. The minimum absolute atomic E-state index is 0.589. The molecular formula is C17H16BrN3O2S. The van der Waals surface area contributed by atoms with Crippen LogP contribution in [-0.4, -0.2) is 34.2 Å². The molecule has 0 aliphatic carbocycles. The van der Waals surface area contributed by atoms with Gasteiger partial charge in [0, 0.05) is 16.3 Å². The number of hydrogen-bond acceptors (Lipinski definition) is 5. The van der Waals surface area contributed by atoms with E-state index in [1.807, 2.05) is 53.1 Å². The first-order valence-electron chi connectivity index (χ1n) is 7.32. The molecule has 0 aliphatic rings. The second-order valence-corrected chi connectivity index (χ2v) is 6.82. The molecular weight excluding hydrogens is 390 g/mol. The summed E-state index contributed by atoms with van der Waals surface area (Å²) in [6.45, 7) is 0.589. The molecule has 0 N–H and O–H groups in total. The normalized spacial score (nSPS) is 10.6. The van der Waals surface area contributed by atoms with E-state index in [2.05, 4.69) is 26.1 Å². The molecule has 0 atom stereocenters. The van der Waals surface area contributed by atoms with Gasteiger partial charge in [0.25, 0.3) is 0 Å². The zero-order valence-corrected chi connectivity index (χ0v) is 15.5. The average molecular weight is 406 g/mol. The van der Waals surface area contributed by atoms with Crippen molar-refractivity contribution in [3.63, 3.8) is 0 Å². The van der Waals surface area contributed by atoms with Gasteiger partial charge >= 0.3 is 0 Å². The molecule has 0 saturated carbocycles. The fourth-order valence-corrected chi connectivity index (χ4v) is 3.23. The highest BCUT2D eigenvalue weighted by atomic mass is 79.9. The molecule has 2 aromatic carbocycles. The molecule has 24 heavy (non-hydrogen) atoms. The molecule has 0 bridgehead atoms. The van der Waals surface area contributed by atoms with E-state index >= 15 is 0 Å². The summed E-state index contributed by atoms with van der Waals surface area (Å²) in [6.07, 6.45) is 1.70. The van der Waals surface area contributed by atoms with Crippen LogP contribution in [0.25, 0.3) is 5.69 Å². The van der Waals surface area contributed by atoms with Crippen LogP contribution in [0.1, 0.15) is 0 Å². The fraction of sp³-hybridized carbons (Fsp3) is 0.176. The van der Waals surface area contributed by atoms with Crippen LogP contribution in [0.3, 0.4) is 0 Å². The second-order valence-electron chi connectivity index (χ2n) is 4.84. The number of methoxy groups -OCH3 is 1. The third kappa shape index (κ3) is 4.30. The summed E-state index contributed by atoms with van der Waals surface area (Å²) in [6, 6.07) is 15.6. The predicted molar refractivity (Wildman–Crippen MR) is 98.3 cm³/mol. The van der Waals surface area contributed by atoms with E-state index in [0.717, 1.165) is 32.6 Å². The Labute approximate surface area is 153 Å². The number of aromatic nitrogens is 3. The Morgan fingerprint density at radius 1 is 1.12 bits per heavy atom. The van der Waals surface area contributed by atoms with E-state index in [9.17, 15) is 0 Å². The molecule has 3 aromatic rings. The fourth-order valence-electron chi connectivity index (χ4n) is 2.11. The highest BCUT2D eigenvalue weighted by molar-refractivity contribution is 9.10. The second kappa shape index (κ2) is 8.21. The average Bonchev–Trinajstić information content (AvgIpc) is 3.07. The Hall–Kier alpha value is -1.99. The lowest BCUT2D eigenvalue weighted by Gasteiger charge is -2.09.